The number of nitrogens with zero attached hydrogens (tertiary/aromatic N) is 6. The van der Waals surface area contributed by atoms with Crippen LogP contribution in [-0.2, 0) is 14.1 Å². The summed E-state index contributed by atoms with van der Waals surface area (Å²) in [7, 11) is 3.16. The van der Waals surface area contributed by atoms with E-state index in [1.807, 2.05) is 0 Å². The summed E-state index contributed by atoms with van der Waals surface area (Å²) in [6, 6.07) is -0.106. The number of aromatic nitrogens is 6. The maximum absolute atomic E-state index is 13.2. The van der Waals surface area contributed by atoms with Gasteiger partial charge in [-0.2, -0.15) is 0 Å². The Balaban J connectivity index is 1.53. The lowest BCUT2D eigenvalue weighted by Crippen LogP contribution is -2.69. The van der Waals surface area contributed by atoms with Crippen LogP contribution in [0.25, 0.3) is 0 Å². The molecule has 4 aliphatic carbocycles. The number of hydrogen-bond donors (Lipinski definition) is 0. The van der Waals surface area contributed by atoms with Gasteiger partial charge in [0, 0.05) is 24.9 Å². The molecule has 4 fully saturated rings. The van der Waals surface area contributed by atoms with Crippen molar-refractivity contribution in [1.82, 2.24) is 27.9 Å². The van der Waals surface area contributed by atoms with E-state index in [1.54, 1.807) is 32.8 Å². The standard InChI is InChI=1S/C20H22N6O4/c1-21-15(27)23-11-7-8-10-9(7)13-19(11)5-3-4-6-20(19,12(8)24(23)16(21)28)14(10)26-18(30)22(2)17(29)25(13)26/h7-14H,3-6H2,1-2H3. The molecule has 2 spiro atoms. The van der Waals surface area contributed by atoms with Gasteiger partial charge in [0.05, 0.1) is 24.2 Å². The van der Waals surface area contributed by atoms with Crippen molar-refractivity contribution in [2.45, 2.75) is 49.9 Å². The smallest absolute Gasteiger partial charge is 0.246 e. The Morgan fingerprint density at radius 1 is 0.567 bits per heavy atom. The minimum atomic E-state index is -0.216. The van der Waals surface area contributed by atoms with Crippen LogP contribution in [-0.4, -0.2) is 27.9 Å². The van der Waals surface area contributed by atoms with Gasteiger partial charge in [-0.3, -0.25) is 0 Å². The molecule has 4 unspecified atom stereocenters. The molecule has 10 heteroatoms. The van der Waals surface area contributed by atoms with Gasteiger partial charge >= 0.3 is 22.8 Å². The van der Waals surface area contributed by atoms with Crippen LogP contribution in [0.1, 0.15) is 49.9 Å². The summed E-state index contributed by atoms with van der Waals surface area (Å²) in [5.74, 6) is 1.38. The van der Waals surface area contributed by atoms with Crippen molar-refractivity contribution in [1.29, 1.82) is 0 Å². The largest absolute Gasteiger partial charge is 0.347 e. The van der Waals surface area contributed by atoms with Gasteiger partial charge in [0.1, 0.15) is 0 Å². The molecular weight excluding hydrogens is 388 g/mol. The highest BCUT2D eigenvalue weighted by Crippen LogP contribution is 2.96. The average Bonchev–Trinajstić information content (AvgIpc) is 3.26. The van der Waals surface area contributed by atoms with Crippen molar-refractivity contribution in [3.63, 3.8) is 0 Å². The first-order chi connectivity index (χ1) is 14.4. The van der Waals surface area contributed by atoms with E-state index in [0.29, 0.717) is 23.7 Å². The number of hydrogen-bond acceptors (Lipinski definition) is 4. The normalized spacial score (nSPS) is 51.3. The second-order valence-corrected chi connectivity index (χ2v) is 11.0. The predicted molar refractivity (Wildman–Crippen MR) is 101 cm³/mol. The van der Waals surface area contributed by atoms with Crippen molar-refractivity contribution in [3.8, 4) is 0 Å². The van der Waals surface area contributed by atoms with Crippen LogP contribution in [0.3, 0.4) is 0 Å². The first-order valence-electron chi connectivity index (χ1n) is 11.2. The fraction of sp³-hybridized carbons (Fsp3) is 0.800. The molecule has 2 aromatic rings. The lowest BCUT2D eigenvalue weighted by molar-refractivity contribution is -0.212. The highest BCUT2D eigenvalue weighted by atomic mass is 16.2. The van der Waals surface area contributed by atoms with Crippen molar-refractivity contribution >= 4 is 0 Å². The molecule has 8 aliphatic rings. The lowest BCUT2D eigenvalue weighted by atomic mass is 9.44. The molecule has 4 aliphatic heterocycles. The summed E-state index contributed by atoms with van der Waals surface area (Å²) in [6.45, 7) is 0. The van der Waals surface area contributed by atoms with E-state index in [4.69, 9.17) is 0 Å². The third-order valence-corrected chi connectivity index (χ3v) is 11.1. The summed E-state index contributed by atoms with van der Waals surface area (Å²) in [6.07, 6.45) is 4.13. The third kappa shape index (κ3) is 0.940. The Hall–Kier alpha value is -2.52. The van der Waals surface area contributed by atoms with Crippen LogP contribution in [0.5, 0.6) is 0 Å². The van der Waals surface area contributed by atoms with Crippen LogP contribution in [0, 0.1) is 34.5 Å². The second-order valence-electron chi connectivity index (χ2n) is 11.0. The van der Waals surface area contributed by atoms with Crippen molar-refractivity contribution in [3.05, 3.63) is 41.9 Å². The summed E-state index contributed by atoms with van der Waals surface area (Å²) in [4.78, 5) is 52.8. The molecule has 0 amide bonds. The SMILES string of the molecule is Cn1c(=O)n2n(c1=O)C1C3C4C5C3C3n6c(=O)n(C)c(=O)n6C5C5(CCCCC135)C42. The van der Waals surface area contributed by atoms with Crippen LogP contribution >= 0.6 is 0 Å². The van der Waals surface area contributed by atoms with Crippen LogP contribution in [0.15, 0.2) is 19.2 Å². The molecule has 30 heavy (non-hydrogen) atoms. The van der Waals surface area contributed by atoms with Gasteiger partial charge in [0.2, 0.25) is 0 Å². The lowest BCUT2D eigenvalue weighted by Gasteiger charge is -2.68. The minimum absolute atomic E-state index is 0.0265. The molecule has 4 saturated carbocycles. The molecule has 0 radical (unpaired) electrons. The zero-order valence-electron chi connectivity index (χ0n) is 16.8. The second kappa shape index (κ2) is 3.78. The molecule has 10 rings (SSSR count). The monoisotopic (exact) mass is 410 g/mol. The van der Waals surface area contributed by atoms with Crippen molar-refractivity contribution in [2.24, 2.45) is 48.6 Å². The van der Waals surface area contributed by atoms with Crippen LogP contribution in [0.2, 0.25) is 0 Å². The molecule has 0 aromatic carbocycles. The molecule has 0 saturated heterocycles. The molecule has 0 N–H and O–H groups in total. The summed E-state index contributed by atoms with van der Waals surface area (Å²) in [5.41, 5.74) is -1.26. The first kappa shape index (κ1) is 15.3. The van der Waals surface area contributed by atoms with Crippen molar-refractivity contribution < 1.29 is 0 Å². The van der Waals surface area contributed by atoms with Gasteiger partial charge in [-0.1, -0.05) is 12.8 Å². The predicted octanol–water partition coefficient (Wildman–Crippen LogP) is -1.03. The highest BCUT2D eigenvalue weighted by molar-refractivity contribution is 5.42. The van der Waals surface area contributed by atoms with E-state index < -0.39 is 0 Å². The quantitative estimate of drug-likeness (QED) is 0.555. The van der Waals surface area contributed by atoms with Crippen LogP contribution in [0.4, 0.5) is 0 Å². The molecular formula is C20H22N6O4. The van der Waals surface area contributed by atoms with Gasteiger partial charge in [-0.15, -0.1) is 0 Å². The Bertz CT molecular complexity index is 1280. The van der Waals surface area contributed by atoms with E-state index in [-0.39, 0.29) is 57.8 Å². The molecule has 6 heterocycles. The maximum atomic E-state index is 13.2. The number of rotatable bonds is 0. The first-order valence-corrected chi connectivity index (χ1v) is 11.2. The highest BCUT2D eigenvalue weighted by Gasteiger charge is 2.96. The molecule has 4 atom stereocenters. The Morgan fingerprint density at radius 2 is 0.833 bits per heavy atom. The molecule has 4 bridgehead atoms. The van der Waals surface area contributed by atoms with E-state index in [9.17, 15) is 19.2 Å². The summed E-state index contributed by atoms with van der Waals surface area (Å²) < 4.78 is 9.71. The average molecular weight is 410 g/mol. The van der Waals surface area contributed by atoms with Gasteiger partial charge in [0.15, 0.2) is 0 Å². The molecule has 156 valence electrons. The van der Waals surface area contributed by atoms with Crippen LogP contribution < -0.4 is 22.8 Å². The van der Waals surface area contributed by atoms with E-state index in [2.05, 4.69) is 0 Å². The van der Waals surface area contributed by atoms with E-state index in [0.717, 1.165) is 25.7 Å². The van der Waals surface area contributed by atoms with Gasteiger partial charge in [0.25, 0.3) is 0 Å². The third-order valence-electron chi connectivity index (χ3n) is 11.1. The summed E-state index contributed by atoms with van der Waals surface area (Å²) >= 11 is 0. The topological polar surface area (TPSA) is 97.9 Å². The zero-order valence-corrected chi connectivity index (χ0v) is 16.8. The van der Waals surface area contributed by atoms with E-state index >= 15 is 0 Å². The fourth-order valence-corrected chi connectivity index (χ4v) is 11.0. The zero-order chi connectivity index (χ0) is 20.2. The fourth-order valence-electron chi connectivity index (χ4n) is 11.0. The van der Waals surface area contributed by atoms with Gasteiger partial charge in [-0.05, 0) is 36.5 Å². The van der Waals surface area contributed by atoms with Gasteiger partial charge in [-0.25, -0.2) is 47.0 Å². The van der Waals surface area contributed by atoms with E-state index in [1.165, 1.54) is 9.13 Å². The Kier molecular flexibility index (Phi) is 1.93. The minimum Gasteiger partial charge on any atom is -0.246 e. The van der Waals surface area contributed by atoms with Gasteiger partial charge < -0.3 is 0 Å². The summed E-state index contributed by atoms with van der Waals surface area (Å²) in [5, 5.41) is 0. The van der Waals surface area contributed by atoms with Crippen molar-refractivity contribution in [2.75, 3.05) is 0 Å². The molecule has 10 nitrogen and oxygen atoms in total. The molecule has 2 aromatic heterocycles. The Morgan fingerprint density at radius 3 is 1.10 bits per heavy atom. The maximum Gasteiger partial charge on any atom is 0.347 e. The Labute approximate surface area is 168 Å².